The Morgan fingerprint density at radius 3 is 2.12 bits per heavy atom. The second kappa shape index (κ2) is 12.2. The van der Waals surface area contributed by atoms with E-state index in [9.17, 15) is 9.59 Å². The predicted molar refractivity (Wildman–Crippen MR) is 138 cm³/mol. The number of benzene rings is 3. The summed E-state index contributed by atoms with van der Waals surface area (Å²) in [5.41, 5.74) is 5.53. The van der Waals surface area contributed by atoms with Gasteiger partial charge in [0.15, 0.2) is 0 Å². The molecule has 34 heavy (non-hydrogen) atoms. The van der Waals surface area contributed by atoms with Crippen molar-refractivity contribution in [3.8, 4) is 0 Å². The average molecular weight is 457 g/mol. The molecule has 0 saturated heterocycles. The van der Waals surface area contributed by atoms with Gasteiger partial charge in [0, 0.05) is 25.4 Å². The van der Waals surface area contributed by atoms with Crippen molar-refractivity contribution in [2.75, 3.05) is 0 Å². The molecule has 0 aliphatic rings. The number of rotatable bonds is 10. The summed E-state index contributed by atoms with van der Waals surface area (Å²) in [6, 6.07) is 25.7. The van der Waals surface area contributed by atoms with E-state index >= 15 is 0 Å². The number of hydrogen-bond acceptors (Lipinski definition) is 2. The number of nitrogens with zero attached hydrogens (tertiary/aromatic N) is 1. The molecule has 1 N–H and O–H groups in total. The van der Waals surface area contributed by atoms with Gasteiger partial charge in [-0.25, -0.2) is 0 Å². The molecule has 0 aliphatic heterocycles. The summed E-state index contributed by atoms with van der Waals surface area (Å²) in [6.45, 7) is 8.40. The zero-order valence-corrected chi connectivity index (χ0v) is 20.8. The van der Waals surface area contributed by atoms with Crippen LogP contribution in [0, 0.1) is 13.8 Å². The van der Waals surface area contributed by atoms with Crippen molar-refractivity contribution in [2.45, 2.75) is 65.6 Å². The minimum Gasteiger partial charge on any atom is -0.352 e. The van der Waals surface area contributed by atoms with Crippen molar-refractivity contribution < 1.29 is 9.59 Å². The fourth-order valence-electron chi connectivity index (χ4n) is 4.06. The Bertz CT molecular complexity index is 1070. The second-order valence-electron chi connectivity index (χ2n) is 9.30. The third kappa shape index (κ3) is 7.31. The maximum absolute atomic E-state index is 13.7. The van der Waals surface area contributed by atoms with Crippen LogP contribution in [0.15, 0.2) is 78.9 Å². The van der Waals surface area contributed by atoms with Gasteiger partial charge in [0.1, 0.15) is 6.04 Å². The topological polar surface area (TPSA) is 49.4 Å². The Hall–Kier alpha value is -3.40. The molecule has 0 fully saturated rings. The molecule has 0 bridgehead atoms. The van der Waals surface area contributed by atoms with Crippen molar-refractivity contribution in [3.63, 3.8) is 0 Å². The minimum absolute atomic E-state index is 0.00579. The van der Waals surface area contributed by atoms with E-state index in [2.05, 4.69) is 36.5 Å². The summed E-state index contributed by atoms with van der Waals surface area (Å²) in [4.78, 5) is 28.8. The second-order valence-corrected chi connectivity index (χ2v) is 9.30. The molecule has 1 atom stereocenters. The van der Waals surface area contributed by atoms with Crippen LogP contribution in [0.3, 0.4) is 0 Å². The lowest BCUT2D eigenvalue weighted by molar-refractivity contribution is -0.141. The van der Waals surface area contributed by atoms with Gasteiger partial charge in [-0.3, -0.25) is 9.59 Å². The highest BCUT2D eigenvalue weighted by molar-refractivity contribution is 5.88. The first-order chi connectivity index (χ1) is 16.3. The van der Waals surface area contributed by atoms with Crippen LogP contribution in [0.5, 0.6) is 0 Å². The lowest BCUT2D eigenvalue weighted by Crippen LogP contribution is -2.51. The average Bonchev–Trinajstić information content (AvgIpc) is 2.82. The quantitative estimate of drug-likeness (QED) is 0.444. The van der Waals surface area contributed by atoms with Crippen molar-refractivity contribution in [1.82, 2.24) is 10.2 Å². The molecule has 0 saturated carbocycles. The monoisotopic (exact) mass is 456 g/mol. The molecule has 4 nitrogen and oxygen atoms in total. The van der Waals surface area contributed by atoms with Gasteiger partial charge in [-0.2, -0.15) is 0 Å². The first-order valence-corrected chi connectivity index (χ1v) is 12.1. The molecular weight excluding hydrogens is 420 g/mol. The van der Waals surface area contributed by atoms with E-state index in [1.54, 1.807) is 4.90 Å². The highest BCUT2D eigenvalue weighted by Crippen LogP contribution is 2.19. The molecule has 178 valence electrons. The molecule has 3 aromatic carbocycles. The summed E-state index contributed by atoms with van der Waals surface area (Å²) >= 11 is 0. The Balaban J connectivity index is 1.91. The molecule has 0 unspecified atom stereocenters. The molecule has 0 aliphatic carbocycles. The van der Waals surface area contributed by atoms with Crippen LogP contribution in [-0.4, -0.2) is 28.8 Å². The number of carbonyl (C=O) groups is 2. The maximum atomic E-state index is 13.7. The Morgan fingerprint density at radius 2 is 1.47 bits per heavy atom. The molecule has 3 aromatic rings. The van der Waals surface area contributed by atoms with Crippen molar-refractivity contribution in [2.24, 2.45) is 0 Å². The van der Waals surface area contributed by atoms with Gasteiger partial charge >= 0.3 is 0 Å². The van der Waals surface area contributed by atoms with E-state index in [1.165, 1.54) is 5.56 Å². The summed E-state index contributed by atoms with van der Waals surface area (Å²) < 4.78 is 0. The van der Waals surface area contributed by atoms with Gasteiger partial charge < -0.3 is 10.2 Å². The number of nitrogens with one attached hydrogen (secondary N) is 1. The molecule has 0 spiro atoms. The first kappa shape index (κ1) is 25.2. The van der Waals surface area contributed by atoms with Gasteiger partial charge in [-0.15, -0.1) is 0 Å². The normalized spacial score (nSPS) is 11.8. The molecular formula is C30H36N2O2. The van der Waals surface area contributed by atoms with Crippen LogP contribution in [-0.2, 0) is 29.0 Å². The highest BCUT2D eigenvalue weighted by Gasteiger charge is 2.30. The van der Waals surface area contributed by atoms with E-state index in [4.69, 9.17) is 0 Å². The molecule has 2 amide bonds. The maximum Gasteiger partial charge on any atom is 0.243 e. The van der Waals surface area contributed by atoms with Crippen molar-refractivity contribution >= 4 is 11.8 Å². The molecule has 3 rings (SSSR count). The Labute approximate surface area is 204 Å². The van der Waals surface area contributed by atoms with Crippen molar-refractivity contribution in [1.29, 1.82) is 0 Å². The number of aryl methyl sites for hydroxylation is 3. The smallest absolute Gasteiger partial charge is 0.243 e. The molecule has 4 heteroatoms. The Morgan fingerprint density at radius 1 is 0.824 bits per heavy atom. The third-order valence-electron chi connectivity index (χ3n) is 6.05. The van der Waals surface area contributed by atoms with Gasteiger partial charge in [0.25, 0.3) is 0 Å². The molecule has 0 radical (unpaired) electrons. The zero-order valence-electron chi connectivity index (χ0n) is 20.8. The van der Waals surface area contributed by atoms with Crippen LogP contribution in [0.4, 0.5) is 0 Å². The van der Waals surface area contributed by atoms with Crippen LogP contribution >= 0.6 is 0 Å². The van der Waals surface area contributed by atoms with E-state index in [-0.39, 0.29) is 17.9 Å². The molecule has 0 aromatic heterocycles. The Kier molecular flexibility index (Phi) is 9.03. The summed E-state index contributed by atoms with van der Waals surface area (Å²) in [7, 11) is 0. The summed E-state index contributed by atoms with van der Waals surface area (Å²) in [6.07, 6.45) is 1.48. The van der Waals surface area contributed by atoms with Crippen LogP contribution in [0.25, 0.3) is 0 Å². The first-order valence-electron chi connectivity index (χ1n) is 12.1. The predicted octanol–water partition coefficient (Wildman–Crippen LogP) is 5.40. The number of hydrogen-bond donors (Lipinski definition) is 1. The van der Waals surface area contributed by atoms with Crippen LogP contribution in [0.1, 0.15) is 48.1 Å². The van der Waals surface area contributed by atoms with Gasteiger partial charge in [0.2, 0.25) is 11.8 Å². The minimum atomic E-state index is -0.588. The van der Waals surface area contributed by atoms with Gasteiger partial charge in [-0.1, -0.05) is 84.4 Å². The SMILES string of the molecule is Cc1ccc(CCC(=O)N(Cc2ccccc2C)[C@H](Cc2ccccc2)C(=O)NC(C)C)cc1. The number of carbonyl (C=O) groups excluding carboxylic acids is 2. The lowest BCUT2D eigenvalue weighted by Gasteiger charge is -2.32. The third-order valence-corrected chi connectivity index (χ3v) is 6.05. The highest BCUT2D eigenvalue weighted by atomic mass is 16.2. The number of amides is 2. The largest absolute Gasteiger partial charge is 0.352 e. The lowest BCUT2D eigenvalue weighted by atomic mass is 10.00. The van der Waals surface area contributed by atoms with E-state index in [0.717, 1.165) is 22.3 Å². The summed E-state index contributed by atoms with van der Waals surface area (Å²) in [5.74, 6) is -0.125. The summed E-state index contributed by atoms with van der Waals surface area (Å²) in [5, 5.41) is 3.05. The fraction of sp³-hybridized carbons (Fsp3) is 0.333. The van der Waals surface area contributed by atoms with E-state index in [1.807, 2.05) is 75.4 Å². The fourth-order valence-corrected chi connectivity index (χ4v) is 4.06. The van der Waals surface area contributed by atoms with Crippen LogP contribution in [0.2, 0.25) is 0 Å². The van der Waals surface area contributed by atoms with Crippen LogP contribution < -0.4 is 5.32 Å². The van der Waals surface area contributed by atoms with Gasteiger partial charge in [-0.05, 0) is 56.4 Å². The van der Waals surface area contributed by atoms with E-state index in [0.29, 0.717) is 25.8 Å². The van der Waals surface area contributed by atoms with Crippen molar-refractivity contribution in [3.05, 3.63) is 107 Å². The van der Waals surface area contributed by atoms with E-state index < -0.39 is 6.04 Å². The molecule has 0 heterocycles. The zero-order chi connectivity index (χ0) is 24.5. The standard InChI is InChI=1S/C30H36N2O2/c1-22(2)31-30(34)28(20-26-11-6-5-7-12-26)32(21-27-13-9-8-10-24(27)4)29(33)19-18-25-16-14-23(3)15-17-25/h5-17,22,28H,18-21H2,1-4H3,(H,31,34)/t28-/m1/s1. The van der Waals surface area contributed by atoms with Gasteiger partial charge in [0.05, 0.1) is 0 Å².